The topological polar surface area (TPSA) is 148 Å². The summed E-state index contributed by atoms with van der Waals surface area (Å²) in [6, 6.07) is 12.2. The van der Waals surface area contributed by atoms with Crippen LogP contribution in [0.25, 0.3) is 0 Å². The van der Waals surface area contributed by atoms with Gasteiger partial charge in [-0.2, -0.15) is 0 Å². The third kappa shape index (κ3) is 6.92. The van der Waals surface area contributed by atoms with Gasteiger partial charge in [0.1, 0.15) is 0 Å². The molecule has 0 saturated heterocycles. The van der Waals surface area contributed by atoms with E-state index in [2.05, 4.69) is 5.32 Å². The number of non-ortho nitro benzene ring substituents is 1. The SMILES string of the molecule is COc1cccc(CNCc2ccc([N+](=O)[O-])cc2)c1OC.O=C(O)C(=O)O. The van der Waals surface area contributed by atoms with Crippen molar-refractivity contribution >= 4 is 17.6 Å². The Kier molecular flexibility index (Phi) is 8.90. The number of carbonyl (C=O) groups is 2. The molecule has 0 heterocycles. The first-order valence-corrected chi connectivity index (χ1v) is 7.90. The van der Waals surface area contributed by atoms with E-state index in [1.807, 2.05) is 18.2 Å². The monoisotopic (exact) mass is 392 g/mol. The van der Waals surface area contributed by atoms with Crippen LogP contribution in [0.3, 0.4) is 0 Å². The lowest BCUT2D eigenvalue weighted by atomic mass is 10.1. The Morgan fingerprint density at radius 3 is 2.07 bits per heavy atom. The third-order valence-electron chi connectivity index (χ3n) is 3.46. The molecule has 150 valence electrons. The standard InChI is InChI=1S/C16H18N2O4.C2H2O4/c1-21-15-5-3-4-13(16(15)22-2)11-17-10-12-6-8-14(9-7-12)18(19)20;3-1(4)2(5)6/h3-9,17H,10-11H2,1-2H3;(H,3,4)(H,5,6). The number of hydrogen-bond acceptors (Lipinski definition) is 7. The van der Waals surface area contributed by atoms with Gasteiger partial charge in [-0.05, 0) is 11.6 Å². The summed E-state index contributed by atoms with van der Waals surface area (Å²) in [6.07, 6.45) is 0. The second kappa shape index (κ2) is 11.1. The number of nitrogens with zero attached hydrogens (tertiary/aromatic N) is 1. The average molecular weight is 392 g/mol. The highest BCUT2D eigenvalue weighted by molar-refractivity contribution is 6.27. The molecule has 0 saturated carbocycles. The smallest absolute Gasteiger partial charge is 0.414 e. The molecule has 10 heteroatoms. The van der Waals surface area contributed by atoms with Gasteiger partial charge in [-0.3, -0.25) is 10.1 Å². The normalized spacial score (nSPS) is 9.64. The number of methoxy groups -OCH3 is 2. The van der Waals surface area contributed by atoms with Crippen molar-refractivity contribution in [2.75, 3.05) is 14.2 Å². The minimum atomic E-state index is -1.82. The van der Waals surface area contributed by atoms with Crippen LogP contribution in [0.1, 0.15) is 11.1 Å². The highest BCUT2D eigenvalue weighted by Crippen LogP contribution is 2.30. The molecule has 10 nitrogen and oxygen atoms in total. The van der Waals surface area contributed by atoms with Crippen LogP contribution in [0.5, 0.6) is 11.5 Å². The van der Waals surface area contributed by atoms with Crippen molar-refractivity contribution in [1.29, 1.82) is 0 Å². The first-order valence-electron chi connectivity index (χ1n) is 7.90. The van der Waals surface area contributed by atoms with Crippen molar-refractivity contribution in [1.82, 2.24) is 5.32 Å². The Morgan fingerprint density at radius 2 is 1.61 bits per heavy atom. The number of aliphatic carboxylic acids is 2. The van der Waals surface area contributed by atoms with Crippen molar-refractivity contribution in [2.45, 2.75) is 13.1 Å². The van der Waals surface area contributed by atoms with Crippen LogP contribution in [-0.2, 0) is 22.7 Å². The molecule has 0 amide bonds. The van der Waals surface area contributed by atoms with E-state index in [4.69, 9.17) is 29.3 Å². The lowest BCUT2D eigenvalue weighted by Crippen LogP contribution is -2.13. The maximum absolute atomic E-state index is 10.6. The Morgan fingerprint density at radius 1 is 1.00 bits per heavy atom. The van der Waals surface area contributed by atoms with Crippen LogP contribution >= 0.6 is 0 Å². The maximum Gasteiger partial charge on any atom is 0.414 e. The van der Waals surface area contributed by atoms with Gasteiger partial charge >= 0.3 is 11.9 Å². The largest absolute Gasteiger partial charge is 0.493 e. The molecule has 0 aliphatic carbocycles. The van der Waals surface area contributed by atoms with Gasteiger partial charge in [0.25, 0.3) is 5.69 Å². The van der Waals surface area contributed by atoms with Crippen LogP contribution in [0.4, 0.5) is 5.69 Å². The van der Waals surface area contributed by atoms with Gasteiger partial charge in [0.05, 0.1) is 19.1 Å². The molecule has 2 aromatic carbocycles. The van der Waals surface area contributed by atoms with Crippen LogP contribution in [0.2, 0.25) is 0 Å². The van der Waals surface area contributed by atoms with E-state index in [1.165, 1.54) is 12.1 Å². The Balaban J connectivity index is 0.000000568. The van der Waals surface area contributed by atoms with Crippen molar-refractivity contribution in [3.05, 3.63) is 63.7 Å². The molecule has 0 unspecified atom stereocenters. The Bertz CT molecular complexity index is 809. The number of hydrogen-bond donors (Lipinski definition) is 3. The lowest BCUT2D eigenvalue weighted by Gasteiger charge is -2.13. The minimum Gasteiger partial charge on any atom is -0.493 e. The Hall–Kier alpha value is -3.66. The molecule has 2 rings (SSSR count). The fourth-order valence-corrected chi connectivity index (χ4v) is 2.17. The first-order chi connectivity index (χ1) is 13.3. The van der Waals surface area contributed by atoms with Gasteiger partial charge in [-0.25, -0.2) is 9.59 Å². The molecule has 0 bridgehead atoms. The molecular weight excluding hydrogens is 372 g/mol. The van der Waals surface area contributed by atoms with E-state index in [9.17, 15) is 10.1 Å². The van der Waals surface area contributed by atoms with Crippen LogP contribution in [0.15, 0.2) is 42.5 Å². The van der Waals surface area contributed by atoms with Crippen LogP contribution in [0, 0.1) is 10.1 Å². The van der Waals surface area contributed by atoms with Gasteiger partial charge in [-0.15, -0.1) is 0 Å². The number of para-hydroxylation sites is 1. The summed E-state index contributed by atoms with van der Waals surface area (Å²) < 4.78 is 10.6. The zero-order valence-electron chi connectivity index (χ0n) is 15.2. The number of benzene rings is 2. The number of rotatable bonds is 7. The van der Waals surface area contributed by atoms with Gasteiger partial charge in [0, 0.05) is 30.8 Å². The third-order valence-corrected chi connectivity index (χ3v) is 3.46. The molecule has 3 N–H and O–H groups in total. The fraction of sp³-hybridized carbons (Fsp3) is 0.222. The van der Waals surface area contributed by atoms with E-state index >= 15 is 0 Å². The van der Waals surface area contributed by atoms with Gasteiger partial charge in [0.2, 0.25) is 0 Å². The van der Waals surface area contributed by atoms with E-state index in [-0.39, 0.29) is 5.69 Å². The van der Waals surface area contributed by atoms with Crippen LogP contribution in [-0.4, -0.2) is 41.3 Å². The summed E-state index contributed by atoms with van der Waals surface area (Å²) in [5, 5.41) is 28.7. The van der Waals surface area contributed by atoms with Crippen molar-refractivity contribution in [3.8, 4) is 11.5 Å². The molecule has 0 spiro atoms. The van der Waals surface area contributed by atoms with E-state index in [1.54, 1.807) is 26.4 Å². The molecular formula is C18H20N2O8. The second-order valence-electron chi connectivity index (χ2n) is 5.29. The van der Waals surface area contributed by atoms with Crippen molar-refractivity contribution < 1.29 is 34.2 Å². The quantitative estimate of drug-likeness (QED) is 0.366. The molecule has 0 radical (unpaired) electrons. The maximum atomic E-state index is 10.6. The number of nitro groups is 1. The first kappa shape index (κ1) is 22.4. The molecule has 0 aromatic heterocycles. The van der Waals surface area contributed by atoms with Crippen LogP contribution < -0.4 is 14.8 Å². The molecule has 0 atom stereocenters. The minimum absolute atomic E-state index is 0.0956. The molecule has 0 aliphatic heterocycles. The summed E-state index contributed by atoms with van der Waals surface area (Å²) in [4.78, 5) is 28.4. The van der Waals surface area contributed by atoms with Crippen molar-refractivity contribution in [3.63, 3.8) is 0 Å². The highest BCUT2D eigenvalue weighted by Gasteiger charge is 2.09. The van der Waals surface area contributed by atoms with E-state index in [0.29, 0.717) is 24.6 Å². The molecule has 28 heavy (non-hydrogen) atoms. The van der Waals surface area contributed by atoms with Crippen molar-refractivity contribution in [2.24, 2.45) is 0 Å². The zero-order chi connectivity index (χ0) is 21.1. The van der Waals surface area contributed by atoms with E-state index < -0.39 is 16.9 Å². The predicted octanol–water partition coefficient (Wildman–Crippen LogP) is 2.06. The molecule has 0 fully saturated rings. The van der Waals surface area contributed by atoms with Gasteiger partial charge in [0.15, 0.2) is 11.5 Å². The summed E-state index contributed by atoms with van der Waals surface area (Å²) in [5.74, 6) is -2.25. The number of carboxylic acid groups (broad SMARTS) is 2. The van der Waals surface area contributed by atoms with Gasteiger partial charge < -0.3 is 25.0 Å². The summed E-state index contributed by atoms with van der Waals surface area (Å²) in [5.41, 5.74) is 2.06. The van der Waals surface area contributed by atoms with Gasteiger partial charge in [-0.1, -0.05) is 24.3 Å². The number of nitro benzene ring substituents is 1. The molecule has 2 aromatic rings. The fourth-order valence-electron chi connectivity index (χ4n) is 2.17. The second-order valence-corrected chi connectivity index (χ2v) is 5.29. The van der Waals surface area contributed by atoms with E-state index in [0.717, 1.165) is 11.1 Å². The highest BCUT2D eigenvalue weighted by atomic mass is 16.6. The summed E-state index contributed by atoms with van der Waals surface area (Å²) in [7, 11) is 3.21. The number of nitrogens with one attached hydrogen (secondary N) is 1. The number of ether oxygens (including phenoxy) is 2. The molecule has 0 aliphatic rings. The summed E-state index contributed by atoms with van der Waals surface area (Å²) >= 11 is 0. The Labute approximate surface area is 160 Å². The lowest BCUT2D eigenvalue weighted by molar-refractivity contribution is -0.384. The summed E-state index contributed by atoms with van der Waals surface area (Å²) in [6.45, 7) is 1.22. The predicted molar refractivity (Wildman–Crippen MR) is 98.5 cm³/mol. The zero-order valence-corrected chi connectivity index (χ0v) is 15.2. The number of carboxylic acids is 2. The average Bonchev–Trinajstić information content (AvgIpc) is 2.68.